The van der Waals surface area contributed by atoms with Crippen LogP contribution in [0.4, 0.5) is 0 Å². The smallest absolute Gasteiger partial charge is 0.394 e. The van der Waals surface area contributed by atoms with E-state index in [2.05, 4.69) is 11.2 Å². The number of aryl methyl sites for hydroxylation is 2. The molecule has 0 saturated heterocycles. The van der Waals surface area contributed by atoms with Crippen LogP contribution in [0.5, 0.6) is 0 Å². The molecule has 0 bridgehead atoms. The predicted molar refractivity (Wildman–Crippen MR) is 43.9 cm³/mol. The first-order chi connectivity index (χ1) is 4.79. The molecule has 0 N–H and O–H groups in total. The van der Waals surface area contributed by atoms with Crippen LogP contribution in [-0.2, 0) is 0 Å². The van der Waals surface area contributed by atoms with Crippen molar-refractivity contribution >= 4 is 0 Å². The SMILES string of the molecule is CC.Cc1[c-]ncc(C)c1.[Rb+]. The fraction of sp³-hybridized carbons (Fsp3) is 0.444. The molecule has 0 unspecified atom stereocenters. The van der Waals surface area contributed by atoms with E-state index in [0.717, 1.165) is 5.56 Å². The van der Waals surface area contributed by atoms with Crippen molar-refractivity contribution in [3.8, 4) is 0 Å². The number of nitrogens with zero attached hydrogens (tertiary/aromatic N) is 1. The Balaban J connectivity index is 0. The van der Waals surface area contributed by atoms with Crippen LogP contribution >= 0.6 is 0 Å². The van der Waals surface area contributed by atoms with Gasteiger partial charge in [0, 0.05) is 0 Å². The molecule has 1 nitrogen and oxygen atoms in total. The number of hydrogen-bond donors (Lipinski definition) is 0. The van der Waals surface area contributed by atoms with Crippen molar-refractivity contribution in [3.05, 3.63) is 29.6 Å². The second-order valence-corrected chi connectivity index (χ2v) is 1.94. The van der Waals surface area contributed by atoms with Gasteiger partial charge in [-0.1, -0.05) is 40.1 Å². The Morgan fingerprint density at radius 2 is 1.82 bits per heavy atom. The molecule has 1 rings (SSSR count). The summed E-state index contributed by atoms with van der Waals surface area (Å²) in [6.45, 7) is 8.01. The van der Waals surface area contributed by atoms with Gasteiger partial charge in [0.2, 0.25) is 0 Å². The number of aromatic nitrogens is 1. The van der Waals surface area contributed by atoms with Gasteiger partial charge in [-0.15, -0.1) is 11.1 Å². The van der Waals surface area contributed by atoms with Crippen LogP contribution in [0.15, 0.2) is 12.3 Å². The summed E-state index contributed by atoms with van der Waals surface area (Å²) in [4.78, 5) is 3.86. The third-order valence-corrected chi connectivity index (χ3v) is 0.953. The van der Waals surface area contributed by atoms with Gasteiger partial charge < -0.3 is 4.98 Å². The molecule has 1 aromatic rings. The quantitative estimate of drug-likeness (QED) is 0.540. The molecule has 0 aliphatic rings. The van der Waals surface area contributed by atoms with Crippen LogP contribution in [-0.4, -0.2) is 4.98 Å². The Morgan fingerprint density at radius 1 is 1.27 bits per heavy atom. The van der Waals surface area contributed by atoms with E-state index in [1.54, 1.807) is 6.20 Å². The number of rotatable bonds is 0. The maximum absolute atomic E-state index is 3.86. The van der Waals surface area contributed by atoms with Gasteiger partial charge in [0.25, 0.3) is 0 Å². The van der Waals surface area contributed by atoms with E-state index in [1.165, 1.54) is 5.56 Å². The van der Waals surface area contributed by atoms with Crippen LogP contribution in [0.1, 0.15) is 25.0 Å². The zero-order valence-corrected chi connectivity index (χ0v) is 13.0. The number of pyridine rings is 1. The summed E-state index contributed by atoms with van der Waals surface area (Å²) in [5.74, 6) is 0. The van der Waals surface area contributed by atoms with E-state index in [9.17, 15) is 0 Å². The Kier molecular flexibility index (Phi) is 11.9. The molecule has 1 heterocycles. The average molecular weight is 222 g/mol. The van der Waals surface area contributed by atoms with Gasteiger partial charge in [0.15, 0.2) is 0 Å². The first-order valence-corrected chi connectivity index (χ1v) is 3.60. The topological polar surface area (TPSA) is 12.9 Å². The van der Waals surface area contributed by atoms with Gasteiger partial charge in [-0.05, 0) is 0 Å². The molecule has 56 valence electrons. The molecule has 0 aromatic carbocycles. The van der Waals surface area contributed by atoms with Crippen LogP contribution in [0.3, 0.4) is 0 Å². The molecule has 0 saturated carbocycles. The van der Waals surface area contributed by atoms with Crippen LogP contribution < -0.4 is 58.2 Å². The van der Waals surface area contributed by atoms with Crippen LogP contribution in [0.2, 0.25) is 0 Å². The Labute approximate surface area is 118 Å². The molecular formula is C9H14NRb. The summed E-state index contributed by atoms with van der Waals surface area (Å²) in [5, 5.41) is 0. The maximum Gasteiger partial charge on any atom is 1.00 e. The van der Waals surface area contributed by atoms with Gasteiger partial charge >= 0.3 is 58.2 Å². The minimum Gasteiger partial charge on any atom is -0.394 e. The molecule has 0 radical (unpaired) electrons. The molecule has 0 amide bonds. The fourth-order valence-corrected chi connectivity index (χ4v) is 0.647. The van der Waals surface area contributed by atoms with Crippen molar-refractivity contribution in [1.82, 2.24) is 4.98 Å². The van der Waals surface area contributed by atoms with E-state index < -0.39 is 0 Å². The third kappa shape index (κ3) is 7.32. The second kappa shape index (κ2) is 9.05. The monoisotopic (exact) mass is 221 g/mol. The van der Waals surface area contributed by atoms with Gasteiger partial charge in [0.1, 0.15) is 0 Å². The molecule has 0 spiro atoms. The van der Waals surface area contributed by atoms with Crippen molar-refractivity contribution in [2.75, 3.05) is 0 Å². The maximum atomic E-state index is 3.86. The standard InChI is InChI=1S/C7H8N.C2H6.Rb/c1-6-3-7(2)5-8-4-6;1-2;/h3-4H,1-2H3;1-2H3;/q-1;;+1. The van der Waals surface area contributed by atoms with Crippen molar-refractivity contribution < 1.29 is 58.2 Å². The molecule has 11 heavy (non-hydrogen) atoms. The summed E-state index contributed by atoms with van der Waals surface area (Å²) in [5.41, 5.74) is 2.30. The summed E-state index contributed by atoms with van der Waals surface area (Å²) >= 11 is 0. The zero-order chi connectivity index (χ0) is 7.98. The first-order valence-electron chi connectivity index (χ1n) is 3.60. The molecule has 0 aliphatic carbocycles. The van der Waals surface area contributed by atoms with Gasteiger partial charge in [0.05, 0.1) is 0 Å². The Bertz CT molecular complexity index is 169. The number of hydrogen-bond acceptors (Lipinski definition) is 1. The normalized spacial score (nSPS) is 7.27. The summed E-state index contributed by atoms with van der Waals surface area (Å²) < 4.78 is 0. The molecule has 1 aromatic heterocycles. The van der Waals surface area contributed by atoms with E-state index >= 15 is 0 Å². The first kappa shape index (κ1) is 14.5. The average Bonchev–Trinajstić information content (AvgIpc) is 1.91. The van der Waals surface area contributed by atoms with Crippen molar-refractivity contribution in [3.63, 3.8) is 0 Å². The van der Waals surface area contributed by atoms with Crippen LogP contribution in [0.25, 0.3) is 0 Å². The van der Waals surface area contributed by atoms with Crippen molar-refractivity contribution in [1.29, 1.82) is 0 Å². The minimum absolute atomic E-state index is 0. The van der Waals surface area contributed by atoms with Gasteiger partial charge in [-0.2, -0.15) is 6.07 Å². The molecule has 0 atom stereocenters. The van der Waals surface area contributed by atoms with Gasteiger partial charge in [-0.3, -0.25) is 0 Å². The Morgan fingerprint density at radius 3 is 2.09 bits per heavy atom. The Hall–Kier alpha value is 0.955. The summed E-state index contributed by atoms with van der Waals surface area (Å²) in [6, 6.07) is 2.05. The van der Waals surface area contributed by atoms with Crippen molar-refractivity contribution in [2.45, 2.75) is 27.7 Å². The molecule has 0 fully saturated rings. The van der Waals surface area contributed by atoms with Crippen molar-refractivity contribution in [2.24, 2.45) is 0 Å². The fourth-order valence-electron chi connectivity index (χ4n) is 0.647. The van der Waals surface area contributed by atoms with E-state index in [4.69, 9.17) is 0 Å². The third-order valence-electron chi connectivity index (χ3n) is 0.953. The largest absolute Gasteiger partial charge is 1.00 e. The van der Waals surface area contributed by atoms with E-state index in [1.807, 2.05) is 33.8 Å². The molecular weight excluding hydrogens is 208 g/mol. The molecule has 2 heteroatoms. The van der Waals surface area contributed by atoms with E-state index in [-0.39, 0.29) is 58.2 Å². The van der Waals surface area contributed by atoms with E-state index in [0.29, 0.717) is 0 Å². The second-order valence-electron chi connectivity index (χ2n) is 1.94. The van der Waals surface area contributed by atoms with Crippen LogP contribution in [0, 0.1) is 20.0 Å². The van der Waals surface area contributed by atoms with Gasteiger partial charge in [-0.25, -0.2) is 0 Å². The summed E-state index contributed by atoms with van der Waals surface area (Å²) in [6.07, 6.45) is 4.62. The summed E-state index contributed by atoms with van der Waals surface area (Å²) in [7, 11) is 0. The zero-order valence-electron chi connectivity index (χ0n) is 8.10. The predicted octanol–water partition coefficient (Wildman–Crippen LogP) is -0.471. The minimum atomic E-state index is 0. The molecule has 0 aliphatic heterocycles.